The molecule has 4 nitrogen and oxygen atoms in total. The fourth-order valence-corrected chi connectivity index (χ4v) is 3.69. The third-order valence-electron chi connectivity index (χ3n) is 4.49. The van der Waals surface area contributed by atoms with E-state index >= 15 is 0 Å². The van der Waals surface area contributed by atoms with E-state index in [1.807, 2.05) is 40.7 Å². The lowest BCUT2D eigenvalue weighted by Crippen LogP contribution is -2.49. The molecule has 0 unspecified atom stereocenters. The molecule has 0 aromatic heterocycles. The zero-order valence-electron chi connectivity index (χ0n) is 17.1. The van der Waals surface area contributed by atoms with Gasteiger partial charge in [0.15, 0.2) is 0 Å². The highest BCUT2D eigenvalue weighted by Gasteiger charge is 2.45. The van der Waals surface area contributed by atoms with E-state index in [4.69, 9.17) is 9.47 Å². The number of carbonyl (C=O) groups is 1. The van der Waals surface area contributed by atoms with Crippen molar-refractivity contribution in [3.8, 4) is 0 Å². The first-order chi connectivity index (χ1) is 12.6. The van der Waals surface area contributed by atoms with Gasteiger partial charge in [-0.25, -0.2) is 4.79 Å². The zero-order chi connectivity index (χ0) is 20.1. The van der Waals surface area contributed by atoms with Crippen LogP contribution in [0, 0.1) is 0 Å². The average molecular weight is 438 g/mol. The molecule has 1 aromatic rings. The van der Waals surface area contributed by atoms with Gasteiger partial charge in [0, 0.05) is 4.47 Å². The number of hydrogen-bond acceptors (Lipinski definition) is 3. The number of aryl methyl sites for hydroxylation is 1. The van der Waals surface area contributed by atoms with Crippen molar-refractivity contribution in [2.24, 2.45) is 0 Å². The molecule has 0 N–H and O–H groups in total. The van der Waals surface area contributed by atoms with Crippen molar-refractivity contribution in [3.63, 3.8) is 0 Å². The van der Waals surface area contributed by atoms with Crippen LogP contribution in [0.3, 0.4) is 0 Å². The van der Waals surface area contributed by atoms with Crippen molar-refractivity contribution in [3.05, 3.63) is 46.5 Å². The van der Waals surface area contributed by atoms with Gasteiger partial charge in [-0.3, -0.25) is 4.90 Å². The predicted molar refractivity (Wildman–Crippen MR) is 113 cm³/mol. The first-order valence-corrected chi connectivity index (χ1v) is 10.4. The second-order valence-electron chi connectivity index (χ2n) is 8.48. The second kappa shape index (κ2) is 9.24. The van der Waals surface area contributed by atoms with Gasteiger partial charge in [0.05, 0.1) is 12.6 Å². The average Bonchev–Trinajstić information content (AvgIpc) is 2.84. The Morgan fingerprint density at radius 3 is 2.70 bits per heavy atom. The molecule has 1 aliphatic rings. The van der Waals surface area contributed by atoms with E-state index in [0.717, 1.165) is 30.2 Å². The fourth-order valence-electron chi connectivity index (χ4n) is 3.24. The summed E-state index contributed by atoms with van der Waals surface area (Å²) in [7, 11) is 0. The highest BCUT2D eigenvalue weighted by atomic mass is 79.9. The van der Waals surface area contributed by atoms with Crippen molar-refractivity contribution in [2.45, 2.75) is 77.7 Å². The molecule has 0 spiro atoms. The first-order valence-electron chi connectivity index (χ1n) is 9.64. The van der Waals surface area contributed by atoms with Gasteiger partial charge in [0.1, 0.15) is 11.3 Å². The Morgan fingerprint density at radius 1 is 1.33 bits per heavy atom. The van der Waals surface area contributed by atoms with Crippen LogP contribution in [0.5, 0.6) is 0 Å². The molecule has 0 radical (unpaired) electrons. The first kappa shape index (κ1) is 22.0. The molecule has 0 saturated carbocycles. The number of ether oxygens (including phenoxy) is 2. The minimum absolute atomic E-state index is 0.0459. The van der Waals surface area contributed by atoms with Gasteiger partial charge >= 0.3 is 6.09 Å². The molecule has 5 heteroatoms. The predicted octanol–water partition coefficient (Wildman–Crippen LogP) is 6.09. The number of halogens is 1. The van der Waals surface area contributed by atoms with Gasteiger partial charge in [0.25, 0.3) is 0 Å². The van der Waals surface area contributed by atoms with Crippen molar-refractivity contribution in [2.75, 3.05) is 6.61 Å². The van der Waals surface area contributed by atoms with Gasteiger partial charge in [-0.2, -0.15) is 0 Å². The van der Waals surface area contributed by atoms with Crippen molar-refractivity contribution >= 4 is 22.0 Å². The van der Waals surface area contributed by atoms with Crippen LogP contribution in [0.25, 0.3) is 0 Å². The summed E-state index contributed by atoms with van der Waals surface area (Å²) in [4.78, 5) is 14.4. The molecule has 0 aliphatic carbocycles. The molecule has 1 amide bonds. The topological polar surface area (TPSA) is 38.8 Å². The fraction of sp³-hybridized carbons (Fsp3) is 0.591. The minimum atomic E-state index is -0.628. The third-order valence-corrected chi connectivity index (χ3v) is 4.98. The van der Waals surface area contributed by atoms with Gasteiger partial charge in [-0.1, -0.05) is 40.2 Å². The molecule has 1 heterocycles. The van der Waals surface area contributed by atoms with E-state index in [-0.39, 0.29) is 12.1 Å². The van der Waals surface area contributed by atoms with Crippen LogP contribution >= 0.6 is 15.9 Å². The summed E-state index contributed by atoms with van der Waals surface area (Å²) in [6, 6.07) is 8.46. The van der Waals surface area contributed by atoms with Crippen LogP contribution in [-0.4, -0.2) is 35.0 Å². The Bertz CT molecular complexity index is 664. The van der Waals surface area contributed by atoms with Crippen LogP contribution < -0.4 is 0 Å². The Balaban J connectivity index is 1.82. The molecule has 2 rings (SSSR count). The summed E-state index contributed by atoms with van der Waals surface area (Å²) < 4.78 is 12.5. The summed E-state index contributed by atoms with van der Waals surface area (Å²) >= 11 is 3.51. The Morgan fingerprint density at radius 2 is 2.04 bits per heavy atom. The maximum atomic E-state index is 12.6. The summed E-state index contributed by atoms with van der Waals surface area (Å²) in [6.45, 7) is 10.1. The smallest absolute Gasteiger partial charge is 0.412 e. The molecule has 27 heavy (non-hydrogen) atoms. The summed E-state index contributed by atoms with van der Waals surface area (Å²) in [5.41, 5.74) is 0.195. The number of carbonyl (C=O) groups excluding carboxylic acids is 1. The summed E-state index contributed by atoms with van der Waals surface area (Å²) in [6.07, 6.45) is 7.96. The number of amides is 1. The number of nitrogens with zero attached hydrogens (tertiary/aromatic N) is 1. The standard InChI is InChI=1S/C22H32BrNO3/c1-21(2,3)27-20(25)24-19(16-26-22(24,4)5)14-9-7-6-8-11-17-12-10-13-18(23)15-17/h6-7,10,12-13,15,19H,8-9,11,14,16H2,1-5H3/b7-6+/t19-/m0/s1. The monoisotopic (exact) mass is 437 g/mol. The molecule has 1 aromatic carbocycles. The van der Waals surface area contributed by atoms with Crippen LogP contribution in [0.1, 0.15) is 59.4 Å². The van der Waals surface area contributed by atoms with Crippen LogP contribution in [0.4, 0.5) is 4.79 Å². The van der Waals surface area contributed by atoms with E-state index in [9.17, 15) is 4.79 Å². The van der Waals surface area contributed by atoms with E-state index in [2.05, 4.69) is 46.3 Å². The number of benzene rings is 1. The maximum absolute atomic E-state index is 12.6. The van der Waals surface area contributed by atoms with Crippen molar-refractivity contribution in [1.29, 1.82) is 0 Å². The van der Waals surface area contributed by atoms with Crippen LogP contribution in [0.2, 0.25) is 0 Å². The van der Waals surface area contributed by atoms with Crippen LogP contribution in [0.15, 0.2) is 40.9 Å². The highest BCUT2D eigenvalue weighted by molar-refractivity contribution is 9.10. The SMILES string of the molecule is CC(C)(C)OC(=O)N1[C@@H](CC/C=C/CCc2cccc(Br)c2)COC1(C)C. The zero-order valence-corrected chi connectivity index (χ0v) is 18.7. The molecule has 0 bridgehead atoms. The molecule has 1 atom stereocenters. The van der Waals surface area contributed by atoms with Crippen molar-refractivity contribution < 1.29 is 14.3 Å². The highest BCUT2D eigenvalue weighted by Crippen LogP contribution is 2.31. The van der Waals surface area contributed by atoms with Gasteiger partial charge in [-0.15, -0.1) is 0 Å². The Kier molecular flexibility index (Phi) is 7.52. The maximum Gasteiger partial charge on any atom is 0.412 e. The molecular weight excluding hydrogens is 406 g/mol. The lowest BCUT2D eigenvalue weighted by Gasteiger charge is -2.35. The van der Waals surface area contributed by atoms with Crippen LogP contribution in [-0.2, 0) is 15.9 Å². The normalized spacial score (nSPS) is 19.6. The lowest BCUT2D eigenvalue weighted by atomic mass is 10.1. The molecule has 150 valence electrons. The van der Waals surface area contributed by atoms with Crippen molar-refractivity contribution in [1.82, 2.24) is 4.90 Å². The third kappa shape index (κ3) is 6.96. The molecule has 1 fully saturated rings. The van der Waals surface area contributed by atoms with E-state index < -0.39 is 11.3 Å². The largest absolute Gasteiger partial charge is 0.444 e. The van der Waals surface area contributed by atoms with E-state index in [0.29, 0.717) is 6.61 Å². The Labute approximate surface area is 172 Å². The van der Waals surface area contributed by atoms with Gasteiger partial charge < -0.3 is 9.47 Å². The molecular formula is C22H32BrNO3. The number of rotatable bonds is 6. The van der Waals surface area contributed by atoms with E-state index in [1.165, 1.54) is 5.56 Å². The number of hydrogen-bond donors (Lipinski definition) is 0. The minimum Gasteiger partial charge on any atom is -0.444 e. The van der Waals surface area contributed by atoms with Gasteiger partial charge in [-0.05, 0) is 78.0 Å². The molecule has 1 saturated heterocycles. The number of allylic oxidation sites excluding steroid dienone is 2. The quantitative estimate of drug-likeness (QED) is 0.505. The lowest BCUT2D eigenvalue weighted by molar-refractivity contribution is -0.0626. The summed E-state index contributed by atoms with van der Waals surface area (Å²) in [5.74, 6) is 0. The van der Waals surface area contributed by atoms with E-state index in [1.54, 1.807) is 4.90 Å². The molecule has 1 aliphatic heterocycles. The Hall–Kier alpha value is -1.33. The second-order valence-corrected chi connectivity index (χ2v) is 9.39. The summed E-state index contributed by atoms with van der Waals surface area (Å²) in [5, 5.41) is 0. The van der Waals surface area contributed by atoms with Gasteiger partial charge in [0.2, 0.25) is 0 Å².